The molecule has 0 saturated carbocycles. The second kappa shape index (κ2) is 7.30. The van der Waals surface area contributed by atoms with Crippen molar-refractivity contribution in [1.82, 2.24) is 0 Å². The van der Waals surface area contributed by atoms with Crippen LogP contribution in [-0.4, -0.2) is 0 Å². The standard InChI is InChI=1S/C9H14/c1-3-5-7-9-8-6-4-2/h3H,1,4-6,8H2,2H3. The zero-order valence-electron chi connectivity index (χ0n) is 6.11. The molecule has 0 heteroatoms. The lowest BCUT2D eigenvalue weighted by molar-refractivity contribution is 0.827. The SMILES string of the molecule is C=CCC#CCCCC. The van der Waals surface area contributed by atoms with Gasteiger partial charge in [-0.05, 0) is 6.42 Å². The minimum atomic E-state index is 0.837. The first kappa shape index (κ1) is 8.30. The second-order valence-corrected chi connectivity index (χ2v) is 1.95. The molecule has 50 valence electrons. The zero-order valence-corrected chi connectivity index (χ0v) is 6.11. The average molecular weight is 122 g/mol. The lowest BCUT2D eigenvalue weighted by atomic mass is 10.2. The summed E-state index contributed by atoms with van der Waals surface area (Å²) in [5.41, 5.74) is 0. The van der Waals surface area contributed by atoms with Gasteiger partial charge in [0.1, 0.15) is 0 Å². The van der Waals surface area contributed by atoms with E-state index in [1.54, 1.807) is 0 Å². The lowest BCUT2D eigenvalue weighted by Crippen LogP contribution is -1.66. The van der Waals surface area contributed by atoms with Gasteiger partial charge in [0.25, 0.3) is 0 Å². The number of hydrogen-bond acceptors (Lipinski definition) is 0. The third kappa shape index (κ3) is 7.30. The summed E-state index contributed by atoms with van der Waals surface area (Å²) in [6.07, 6.45) is 6.18. The molecule has 0 fully saturated rings. The first-order valence-electron chi connectivity index (χ1n) is 3.48. The van der Waals surface area contributed by atoms with Gasteiger partial charge in [-0.1, -0.05) is 25.3 Å². The molecule has 0 bridgehead atoms. The number of allylic oxidation sites excluding steroid dienone is 1. The van der Waals surface area contributed by atoms with E-state index in [0.29, 0.717) is 0 Å². The molecule has 0 N–H and O–H groups in total. The maximum atomic E-state index is 3.58. The van der Waals surface area contributed by atoms with E-state index in [4.69, 9.17) is 0 Å². The van der Waals surface area contributed by atoms with E-state index < -0.39 is 0 Å². The molecule has 0 aromatic carbocycles. The molecule has 0 rings (SSSR count). The van der Waals surface area contributed by atoms with Crippen molar-refractivity contribution >= 4 is 0 Å². The maximum Gasteiger partial charge on any atom is 0.0267 e. The Balaban J connectivity index is 3.05. The van der Waals surface area contributed by atoms with Crippen LogP contribution in [0, 0.1) is 11.8 Å². The molecule has 0 atom stereocenters. The molecular weight excluding hydrogens is 108 g/mol. The Hall–Kier alpha value is -0.700. The third-order valence-corrected chi connectivity index (χ3v) is 1.03. The van der Waals surface area contributed by atoms with Crippen LogP contribution >= 0.6 is 0 Å². The van der Waals surface area contributed by atoms with Gasteiger partial charge in [-0.15, -0.1) is 12.5 Å². The van der Waals surface area contributed by atoms with Crippen LogP contribution in [0.2, 0.25) is 0 Å². The van der Waals surface area contributed by atoms with Crippen LogP contribution in [0.25, 0.3) is 0 Å². The highest BCUT2D eigenvalue weighted by Crippen LogP contribution is 1.90. The Labute approximate surface area is 58.0 Å². The molecule has 0 saturated heterocycles. The van der Waals surface area contributed by atoms with Crippen molar-refractivity contribution in [2.75, 3.05) is 0 Å². The highest BCUT2D eigenvalue weighted by Gasteiger charge is 1.74. The fourth-order valence-electron chi connectivity index (χ4n) is 0.498. The van der Waals surface area contributed by atoms with Crippen LogP contribution in [0.3, 0.4) is 0 Å². The van der Waals surface area contributed by atoms with Crippen molar-refractivity contribution in [1.29, 1.82) is 0 Å². The molecule has 0 aliphatic rings. The highest BCUT2D eigenvalue weighted by molar-refractivity contribution is 5.02. The van der Waals surface area contributed by atoms with Crippen LogP contribution in [0.1, 0.15) is 32.6 Å². The number of unbranched alkanes of at least 4 members (excludes halogenated alkanes) is 2. The van der Waals surface area contributed by atoms with Gasteiger partial charge in [-0.2, -0.15) is 0 Å². The first-order chi connectivity index (χ1) is 4.41. The molecular formula is C9H14. The molecule has 0 radical (unpaired) electrons. The smallest absolute Gasteiger partial charge is 0.0267 e. The van der Waals surface area contributed by atoms with Crippen molar-refractivity contribution in [3.05, 3.63) is 12.7 Å². The number of hydrogen-bond donors (Lipinski definition) is 0. The molecule has 0 unspecified atom stereocenters. The Bertz CT molecular complexity index is 112. The molecule has 0 aromatic rings. The van der Waals surface area contributed by atoms with E-state index in [1.165, 1.54) is 12.8 Å². The fourth-order valence-corrected chi connectivity index (χ4v) is 0.498. The Morgan fingerprint density at radius 1 is 1.44 bits per heavy atom. The summed E-state index contributed by atoms with van der Waals surface area (Å²) in [6, 6.07) is 0. The van der Waals surface area contributed by atoms with E-state index in [-0.39, 0.29) is 0 Å². The van der Waals surface area contributed by atoms with E-state index in [1.807, 2.05) is 6.08 Å². The summed E-state index contributed by atoms with van der Waals surface area (Å²) in [7, 11) is 0. The Morgan fingerprint density at radius 2 is 2.22 bits per heavy atom. The quantitative estimate of drug-likeness (QED) is 0.307. The zero-order chi connectivity index (χ0) is 6.95. The Morgan fingerprint density at radius 3 is 2.78 bits per heavy atom. The van der Waals surface area contributed by atoms with Gasteiger partial charge >= 0.3 is 0 Å². The van der Waals surface area contributed by atoms with E-state index in [0.717, 1.165) is 12.8 Å². The van der Waals surface area contributed by atoms with Crippen LogP contribution < -0.4 is 0 Å². The topological polar surface area (TPSA) is 0 Å². The average Bonchev–Trinajstić information content (AvgIpc) is 1.89. The van der Waals surface area contributed by atoms with Gasteiger partial charge in [-0.25, -0.2) is 0 Å². The van der Waals surface area contributed by atoms with E-state index in [2.05, 4.69) is 25.3 Å². The maximum absolute atomic E-state index is 3.58. The summed E-state index contributed by atoms with van der Waals surface area (Å²) in [5, 5.41) is 0. The third-order valence-electron chi connectivity index (χ3n) is 1.03. The van der Waals surface area contributed by atoms with Gasteiger partial charge in [0.15, 0.2) is 0 Å². The fraction of sp³-hybridized carbons (Fsp3) is 0.556. The molecule has 0 aliphatic heterocycles. The predicted octanol–water partition coefficient (Wildman–Crippen LogP) is 2.76. The second-order valence-electron chi connectivity index (χ2n) is 1.95. The van der Waals surface area contributed by atoms with Crippen molar-refractivity contribution in [3.8, 4) is 11.8 Å². The number of rotatable bonds is 3. The van der Waals surface area contributed by atoms with Gasteiger partial charge in [0.05, 0.1) is 0 Å². The van der Waals surface area contributed by atoms with Crippen molar-refractivity contribution in [2.24, 2.45) is 0 Å². The van der Waals surface area contributed by atoms with Crippen molar-refractivity contribution in [2.45, 2.75) is 32.6 Å². The lowest BCUT2D eigenvalue weighted by Gasteiger charge is -1.82. The normalized spacial score (nSPS) is 7.67. The van der Waals surface area contributed by atoms with Crippen LogP contribution in [-0.2, 0) is 0 Å². The van der Waals surface area contributed by atoms with Gasteiger partial charge < -0.3 is 0 Å². The van der Waals surface area contributed by atoms with Gasteiger partial charge in [-0.3, -0.25) is 0 Å². The monoisotopic (exact) mass is 122 g/mol. The van der Waals surface area contributed by atoms with Crippen molar-refractivity contribution in [3.63, 3.8) is 0 Å². The van der Waals surface area contributed by atoms with Crippen molar-refractivity contribution < 1.29 is 0 Å². The largest absolute Gasteiger partial charge is 0.103 e. The molecule has 0 nitrogen and oxygen atoms in total. The van der Waals surface area contributed by atoms with E-state index >= 15 is 0 Å². The van der Waals surface area contributed by atoms with E-state index in [9.17, 15) is 0 Å². The minimum Gasteiger partial charge on any atom is -0.103 e. The van der Waals surface area contributed by atoms with Gasteiger partial charge in [0.2, 0.25) is 0 Å². The summed E-state index contributed by atoms with van der Waals surface area (Å²) in [5.74, 6) is 6.07. The van der Waals surface area contributed by atoms with Crippen LogP contribution in [0.15, 0.2) is 12.7 Å². The minimum absolute atomic E-state index is 0.837. The predicted molar refractivity (Wildman–Crippen MR) is 42.1 cm³/mol. The van der Waals surface area contributed by atoms with Crippen LogP contribution in [0.5, 0.6) is 0 Å². The molecule has 0 aromatic heterocycles. The molecule has 9 heavy (non-hydrogen) atoms. The summed E-state index contributed by atoms with van der Waals surface area (Å²) in [4.78, 5) is 0. The first-order valence-corrected chi connectivity index (χ1v) is 3.48. The van der Waals surface area contributed by atoms with Crippen LogP contribution in [0.4, 0.5) is 0 Å². The molecule has 0 spiro atoms. The molecule has 0 heterocycles. The summed E-state index contributed by atoms with van der Waals surface area (Å²) < 4.78 is 0. The Kier molecular flexibility index (Phi) is 6.73. The highest BCUT2D eigenvalue weighted by atomic mass is 13.8. The molecule has 0 aliphatic carbocycles. The molecule has 0 amide bonds. The summed E-state index contributed by atoms with van der Waals surface area (Å²) >= 11 is 0. The summed E-state index contributed by atoms with van der Waals surface area (Å²) in [6.45, 7) is 5.75. The van der Waals surface area contributed by atoms with Gasteiger partial charge in [0, 0.05) is 12.8 Å².